The summed E-state index contributed by atoms with van der Waals surface area (Å²) in [5.41, 5.74) is 0.324. The second kappa shape index (κ2) is 8.70. The van der Waals surface area contributed by atoms with Gasteiger partial charge in [-0.25, -0.2) is 9.98 Å². The maximum absolute atomic E-state index is 5.82. The van der Waals surface area contributed by atoms with Gasteiger partial charge in [0.1, 0.15) is 12.3 Å². The summed E-state index contributed by atoms with van der Waals surface area (Å²) in [6, 6.07) is 0. The molecule has 0 spiro atoms. The molecule has 2 N–H and O–H groups in total. The number of nitrogens with zero attached hydrogens (tertiary/aromatic N) is 2. The molecule has 0 atom stereocenters. The molecule has 1 heterocycles. The van der Waals surface area contributed by atoms with Crippen molar-refractivity contribution in [3.8, 4) is 0 Å². The van der Waals surface area contributed by atoms with Crippen molar-refractivity contribution in [1.82, 2.24) is 15.6 Å². The van der Waals surface area contributed by atoms with Gasteiger partial charge in [0.25, 0.3) is 0 Å². The van der Waals surface area contributed by atoms with Crippen LogP contribution in [0.5, 0.6) is 0 Å². The van der Waals surface area contributed by atoms with Gasteiger partial charge in [0.15, 0.2) is 5.96 Å². The van der Waals surface area contributed by atoms with Crippen molar-refractivity contribution >= 4 is 5.96 Å². The fourth-order valence-electron chi connectivity index (χ4n) is 3.00. The van der Waals surface area contributed by atoms with Crippen LogP contribution in [0.4, 0.5) is 0 Å². The number of aromatic nitrogens is 1. The average molecular weight is 351 g/mol. The molecule has 6 heteroatoms. The van der Waals surface area contributed by atoms with Gasteiger partial charge >= 0.3 is 0 Å². The first-order valence-corrected chi connectivity index (χ1v) is 9.35. The molecule has 0 aromatic carbocycles. The molecule has 6 nitrogen and oxygen atoms in total. The third-order valence-electron chi connectivity index (χ3n) is 4.89. The molecule has 0 unspecified atom stereocenters. The van der Waals surface area contributed by atoms with Gasteiger partial charge in [0, 0.05) is 32.2 Å². The molecule has 0 radical (unpaired) electrons. The van der Waals surface area contributed by atoms with Crippen LogP contribution in [0.1, 0.15) is 65.0 Å². The SMILES string of the molecule is CCNC(=NCc1ncc(C(C)(C)C)o1)NCC1(CCOC)CCC1. The molecule has 0 aliphatic heterocycles. The van der Waals surface area contributed by atoms with Crippen LogP contribution in [0.3, 0.4) is 0 Å². The zero-order chi connectivity index (χ0) is 18.3. The highest BCUT2D eigenvalue weighted by Gasteiger charge is 2.36. The third kappa shape index (κ3) is 5.73. The first kappa shape index (κ1) is 19.8. The van der Waals surface area contributed by atoms with Gasteiger partial charge in [-0.2, -0.15) is 0 Å². The molecule has 2 rings (SSSR count). The van der Waals surface area contributed by atoms with Crippen LogP contribution in [0, 0.1) is 5.41 Å². The van der Waals surface area contributed by atoms with Crippen molar-refractivity contribution in [3.05, 3.63) is 17.8 Å². The van der Waals surface area contributed by atoms with Crippen LogP contribution in [-0.2, 0) is 16.7 Å². The highest BCUT2D eigenvalue weighted by Crippen LogP contribution is 2.43. The molecule has 1 aliphatic carbocycles. The Balaban J connectivity index is 1.92. The van der Waals surface area contributed by atoms with Crippen LogP contribution in [0.2, 0.25) is 0 Å². The Morgan fingerprint density at radius 2 is 2.12 bits per heavy atom. The molecular formula is C19H34N4O2. The quantitative estimate of drug-likeness (QED) is 0.556. The van der Waals surface area contributed by atoms with Crippen LogP contribution >= 0.6 is 0 Å². The summed E-state index contributed by atoms with van der Waals surface area (Å²) >= 11 is 0. The predicted octanol–water partition coefficient (Wildman–Crippen LogP) is 3.23. The smallest absolute Gasteiger partial charge is 0.216 e. The highest BCUT2D eigenvalue weighted by atomic mass is 16.5. The predicted molar refractivity (Wildman–Crippen MR) is 101 cm³/mol. The van der Waals surface area contributed by atoms with E-state index in [2.05, 4.69) is 48.3 Å². The molecule has 1 aromatic heterocycles. The molecule has 142 valence electrons. The lowest BCUT2D eigenvalue weighted by atomic mass is 9.67. The molecule has 1 aliphatic rings. The summed E-state index contributed by atoms with van der Waals surface area (Å²) in [6.07, 6.45) is 6.74. The summed E-state index contributed by atoms with van der Waals surface area (Å²) in [5.74, 6) is 2.37. The lowest BCUT2D eigenvalue weighted by Crippen LogP contribution is -2.46. The van der Waals surface area contributed by atoms with Crippen molar-refractivity contribution in [2.45, 2.75) is 65.3 Å². The molecule has 1 saturated carbocycles. The van der Waals surface area contributed by atoms with E-state index in [9.17, 15) is 0 Å². The fourth-order valence-corrected chi connectivity index (χ4v) is 3.00. The van der Waals surface area contributed by atoms with Crippen LogP contribution < -0.4 is 10.6 Å². The maximum atomic E-state index is 5.82. The second-order valence-electron chi connectivity index (χ2n) is 8.01. The average Bonchev–Trinajstić information content (AvgIpc) is 3.00. The second-order valence-corrected chi connectivity index (χ2v) is 8.01. The number of nitrogens with one attached hydrogen (secondary N) is 2. The molecule has 1 aromatic rings. The van der Waals surface area contributed by atoms with E-state index in [1.54, 1.807) is 13.3 Å². The van der Waals surface area contributed by atoms with E-state index < -0.39 is 0 Å². The fraction of sp³-hybridized carbons (Fsp3) is 0.789. The first-order valence-electron chi connectivity index (χ1n) is 9.35. The molecule has 0 saturated heterocycles. The van der Waals surface area contributed by atoms with E-state index in [0.29, 0.717) is 17.9 Å². The lowest BCUT2D eigenvalue weighted by Gasteiger charge is -2.42. The largest absolute Gasteiger partial charge is 0.443 e. The number of rotatable bonds is 8. The number of hydrogen-bond acceptors (Lipinski definition) is 4. The lowest BCUT2D eigenvalue weighted by molar-refractivity contribution is 0.0732. The van der Waals surface area contributed by atoms with E-state index in [1.807, 2.05) is 0 Å². The topological polar surface area (TPSA) is 71.7 Å². The van der Waals surface area contributed by atoms with Gasteiger partial charge in [0.05, 0.1) is 6.20 Å². The Morgan fingerprint density at radius 3 is 2.64 bits per heavy atom. The zero-order valence-corrected chi connectivity index (χ0v) is 16.4. The van der Waals surface area contributed by atoms with E-state index in [-0.39, 0.29) is 5.41 Å². The van der Waals surface area contributed by atoms with Gasteiger partial charge in [-0.15, -0.1) is 0 Å². The third-order valence-corrected chi connectivity index (χ3v) is 4.89. The summed E-state index contributed by atoms with van der Waals surface area (Å²) in [5, 5.41) is 6.80. The van der Waals surface area contributed by atoms with Crippen molar-refractivity contribution < 1.29 is 9.15 Å². The van der Waals surface area contributed by atoms with Gasteiger partial charge in [-0.3, -0.25) is 0 Å². The minimum Gasteiger partial charge on any atom is -0.443 e. The number of methoxy groups -OCH3 is 1. The van der Waals surface area contributed by atoms with Crippen LogP contribution in [-0.4, -0.2) is 37.7 Å². The van der Waals surface area contributed by atoms with Crippen LogP contribution in [0.25, 0.3) is 0 Å². The molecular weight excluding hydrogens is 316 g/mol. The normalized spacial score (nSPS) is 17.2. The van der Waals surface area contributed by atoms with Gasteiger partial charge in [0.2, 0.25) is 5.89 Å². The van der Waals surface area contributed by atoms with Crippen molar-refractivity contribution in [2.24, 2.45) is 10.4 Å². The number of guanidine groups is 1. The highest BCUT2D eigenvalue weighted by molar-refractivity contribution is 5.79. The van der Waals surface area contributed by atoms with E-state index in [4.69, 9.17) is 9.15 Å². The standard InChI is InChI=1S/C19H34N4O2/c1-6-20-17(23-14-19(8-7-9-19)10-11-24-5)22-13-16-21-12-15(25-16)18(2,3)4/h12H,6-11,13-14H2,1-5H3,(H2,20,22,23). The molecule has 0 bridgehead atoms. The summed E-state index contributed by atoms with van der Waals surface area (Å²) in [4.78, 5) is 8.97. The summed E-state index contributed by atoms with van der Waals surface area (Å²) in [7, 11) is 1.77. The number of ether oxygens (including phenoxy) is 1. The number of oxazole rings is 1. The van der Waals surface area contributed by atoms with E-state index >= 15 is 0 Å². The van der Waals surface area contributed by atoms with E-state index in [1.165, 1.54) is 19.3 Å². The van der Waals surface area contributed by atoms with Gasteiger partial charge in [-0.1, -0.05) is 27.2 Å². The maximum Gasteiger partial charge on any atom is 0.216 e. The minimum atomic E-state index is -0.0321. The van der Waals surface area contributed by atoms with Gasteiger partial charge < -0.3 is 19.8 Å². The van der Waals surface area contributed by atoms with E-state index in [0.717, 1.165) is 37.8 Å². The van der Waals surface area contributed by atoms with Gasteiger partial charge in [-0.05, 0) is 31.6 Å². The molecule has 1 fully saturated rings. The Bertz CT molecular complexity index is 556. The van der Waals surface area contributed by atoms with Crippen molar-refractivity contribution in [1.29, 1.82) is 0 Å². The number of aliphatic imine (C=N–C) groups is 1. The Kier molecular flexibility index (Phi) is 6.87. The Hall–Kier alpha value is -1.56. The molecule has 0 amide bonds. The monoisotopic (exact) mass is 350 g/mol. The van der Waals surface area contributed by atoms with Crippen LogP contribution in [0.15, 0.2) is 15.6 Å². The summed E-state index contributed by atoms with van der Waals surface area (Å²) in [6.45, 7) is 11.4. The first-order chi connectivity index (χ1) is 11.9. The zero-order valence-electron chi connectivity index (χ0n) is 16.4. The minimum absolute atomic E-state index is 0.0321. The Labute approximate surface area is 151 Å². The Morgan fingerprint density at radius 1 is 1.36 bits per heavy atom. The number of hydrogen-bond donors (Lipinski definition) is 2. The van der Waals surface area contributed by atoms with Crippen molar-refractivity contribution in [3.63, 3.8) is 0 Å². The molecule has 25 heavy (non-hydrogen) atoms. The van der Waals surface area contributed by atoms with Crippen molar-refractivity contribution in [2.75, 3.05) is 26.8 Å². The summed E-state index contributed by atoms with van der Waals surface area (Å²) < 4.78 is 11.1.